The van der Waals surface area contributed by atoms with Crippen LogP contribution in [-0.4, -0.2) is 24.0 Å². The first-order chi connectivity index (χ1) is 11.3. The number of pyridine rings is 1. The molecule has 2 heterocycles. The number of nitrogens with one attached hydrogen (secondary N) is 1. The first-order valence-corrected chi connectivity index (χ1v) is 7.98. The first kappa shape index (κ1) is 15.5. The summed E-state index contributed by atoms with van der Waals surface area (Å²) in [4.78, 5) is 16.0. The van der Waals surface area contributed by atoms with Crippen molar-refractivity contribution in [2.24, 2.45) is 5.73 Å². The van der Waals surface area contributed by atoms with E-state index in [1.54, 1.807) is 12.3 Å². The summed E-state index contributed by atoms with van der Waals surface area (Å²) in [5.74, 6) is 1.06. The number of ether oxygens (including phenoxy) is 1. The molecule has 1 aliphatic rings. The number of carbonyl (C=O) groups is 1. The zero-order valence-corrected chi connectivity index (χ0v) is 13.0. The Balaban J connectivity index is 2.00. The molecular formula is C18H21N3O2. The summed E-state index contributed by atoms with van der Waals surface area (Å²) in [6.45, 7) is 1.80. The number of para-hydroxylation sites is 1. The minimum absolute atomic E-state index is 0.174. The Hall–Kier alpha value is -2.40. The maximum Gasteiger partial charge on any atom is 0.267 e. The van der Waals surface area contributed by atoms with Gasteiger partial charge in [0.2, 0.25) is 0 Å². The highest BCUT2D eigenvalue weighted by Crippen LogP contribution is 2.35. The van der Waals surface area contributed by atoms with Crippen molar-refractivity contribution in [3.8, 4) is 11.5 Å². The lowest BCUT2D eigenvalue weighted by Crippen LogP contribution is -2.24. The van der Waals surface area contributed by atoms with Gasteiger partial charge in [-0.3, -0.25) is 9.78 Å². The van der Waals surface area contributed by atoms with Crippen LogP contribution in [0.5, 0.6) is 11.5 Å². The van der Waals surface area contributed by atoms with Crippen LogP contribution in [-0.2, 0) is 0 Å². The molecule has 1 amide bonds. The molecular weight excluding hydrogens is 290 g/mol. The maximum atomic E-state index is 11.8. The highest BCUT2D eigenvalue weighted by atomic mass is 16.5. The molecule has 1 aromatic carbocycles. The van der Waals surface area contributed by atoms with Gasteiger partial charge in [-0.15, -0.1) is 0 Å². The molecule has 0 radical (unpaired) electrons. The Bertz CT molecular complexity index is 665. The molecule has 5 heteroatoms. The third kappa shape index (κ3) is 3.68. The highest BCUT2D eigenvalue weighted by molar-refractivity contribution is 5.93. The minimum atomic E-state index is -0.511. The number of carbonyl (C=O) groups excluding carboxylic acids is 1. The van der Waals surface area contributed by atoms with E-state index in [-0.39, 0.29) is 5.92 Å². The molecule has 3 rings (SSSR count). The molecule has 3 N–H and O–H groups in total. The Kier molecular flexibility index (Phi) is 4.88. The smallest absolute Gasteiger partial charge is 0.267 e. The van der Waals surface area contributed by atoms with E-state index < -0.39 is 5.91 Å². The number of amides is 1. The predicted molar refractivity (Wildman–Crippen MR) is 88.7 cm³/mol. The van der Waals surface area contributed by atoms with E-state index in [1.807, 2.05) is 30.3 Å². The van der Waals surface area contributed by atoms with Crippen molar-refractivity contribution >= 4 is 5.91 Å². The lowest BCUT2D eigenvalue weighted by molar-refractivity contribution is 0.0993. The van der Waals surface area contributed by atoms with Crippen LogP contribution < -0.4 is 15.8 Å². The average molecular weight is 311 g/mol. The number of rotatable bonds is 4. The van der Waals surface area contributed by atoms with Crippen molar-refractivity contribution in [2.75, 3.05) is 13.1 Å². The van der Waals surface area contributed by atoms with E-state index in [1.165, 1.54) is 0 Å². The maximum absolute atomic E-state index is 11.8. The van der Waals surface area contributed by atoms with Crippen molar-refractivity contribution in [3.63, 3.8) is 0 Å². The fraction of sp³-hybridized carbons (Fsp3) is 0.333. The zero-order chi connectivity index (χ0) is 16.1. The van der Waals surface area contributed by atoms with Gasteiger partial charge in [-0.25, -0.2) is 0 Å². The summed E-state index contributed by atoms with van der Waals surface area (Å²) in [5.41, 5.74) is 6.68. The van der Waals surface area contributed by atoms with Crippen molar-refractivity contribution in [1.29, 1.82) is 0 Å². The number of primary amides is 1. The summed E-state index contributed by atoms with van der Waals surface area (Å²) in [5, 5.41) is 3.42. The van der Waals surface area contributed by atoms with Crippen LogP contribution in [0.2, 0.25) is 0 Å². The molecule has 0 aliphatic carbocycles. The molecule has 120 valence electrons. The fourth-order valence-corrected chi connectivity index (χ4v) is 3.02. The molecule has 1 saturated heterocycles. The molecule has 23 heavy (non-hydrogen) atoms. The summed E-state index contributed by atoms with van der Waals surface area (Å²) < 4.78 is 6.02. The van der Waals surface area contributed by atoms with Gasteiger partial charge in [-0.2, -0.15) is 0 Å². The Morgan fingerprint density at radius 3 is 2.83 bits per heavy atom. The van der Waals surface area contributed by atoms with Crippen molar-refractivity contribution in [2.45, 2.75) is 25.2 Å². The number of hydrogen-bond donors (Lipinski definition) is 2. The normalized spacial score (nSPS) is 18.2. The quantitative estimate of drug-likeness (QED) is 0.910. The van der Waals surface area contributed by atoms with E-state index in [0.717, 1.165) is 43.7 Å². The second-order valence-corrected chi connectivity index (χ2v) is 5.75. The summed E-state index contributed by atoms with van der Waals surface area (Å²) in [6.07, 6.45) is 4.81. The lowest BCUT2D eigenvalue weighted by atomic mass is 9.92. The van der Waals surface area contributed by atoms with Crippen molar-refractivity contribution in [3.05, 3.63) is 53.9 Å². The van der Waals surface area contributed by atoms with E-state index in [9.17, 15) is 4.79 Å². The van der Waals surface area contributed by atoms with Crippen LogP contribution in [0, 0.1) is 0 Å². The van der Waals surface area contributed by atoms with Gasteiger partial charge in [0.05, 0.1) is 0 Å². The minimum Gasteiger partial charge on any atom is -0.457 e. The van der Waals surface area contributed by atoms with Gasteiger partial charge in [-0.1, -0.05) is 24.6 Å². The molecule has 1 aliphatic heterocycles. The van der Waals surface area contributed by atoms with Gasteiger partial charge < -0.3 is 15.8 Å². The summed E-state index contributed by atoms with van der Waals surface area (Å²) >= 11 is 0. The zero-order valence-electron chi connectivity index (χ0n) is 13.0. The largest absolute Gasteiger partial charge is 0.457 e. The van der Waals surface area contributed by atoms with Crippen LogP contribution in [0.1, 0.15) is 41.2 Å². The number of nitrogens with two attached hydrogens (primary N) is 1. The summed E-state index contributed by atoms with van der Waals surface area (Å²) in [7, 11) is 0. The SMILES string of the molecule is NC(=O)c1nccc(Oc2ccccc2)c1C1CCCCNC1. The molecule has 1 aromatic heterocycles. The van der Waals surface area contributed by atoms with Gasteiger partial charge in [0.15, 0.2) is 0 Å². The predicted octanol–water partition coefficient (Wildman–Crippen LogP) is 2.83. The highest BCUT2D eigenvalue weighted by Gasteiger charge is 2.25. The van der Waals surface area contributed by atoms with Crippen molar-refractivity contribution in [1.82, 2.24) is 10.3 Å². The number of hydrogen-bond acceptors (Lipinski definition) is 4. The number of aromatic nitrogens is 1. The van der Waals surface area contributed by atoms with Crippen LogP contribution >= 0.6 is 0 Å². The molecule has 2 aromatic rings. The third-order valence-corrected chi connectivity index (χ3v) is 4.11. The van der Waals surface area contributed by atoms with E-state index in [2.05, 4.69) is 10.3 Å². The van der Waals surface area contributed by atoms with E-state index >= 15 is 0 Å². The van der Waals surface area contributed by atoms with Gasteiger partial charge >= 0.3 is 0 Å². The van der Waals surface area contributed by atoms with E-state index in [4.69, 9.17) is 10.5 Å². The van der Waals surface area contributed by atoms with E-state index in [0.29, 0.717) is 11.4 Å². The Morgan fingerprint density at radius 2 is 2.04 bits per heavy atom. The molecule has 1 fully saturated rings. The second-order valence-electron chi connectivity index (χ2n) is 5.75. The molecule has 1 atom stereocenters. The lowest BCUT2D eigenvalue weighted by Gasteiger charge is -2.20. The molecule has 0 bridgehead atoms. The fourth-order valence-electron chi connectivity index (χ4n) is 3.02. The third-order valence-electron chi connectivity index (χ3n) is 4.11. The molecule has 5 nitrogen and oxygen atoms in total. The van der Waals surface area contributed by atoms with Crippen LogP contribution in [0.15, 0.2) is 42.6 Å². The average Bonchev–Trinajstić information content (AvgIpc) is 2.84. The topological polar surface area (TPSA) is 77.2 Å². The molecule has 0 saturated carbocycles. The summed E-state index contributed by atoms with van der Waals surface area (Å²) in [6, 6.07) is 11.3. The molecule has 0 spiro atoms. The number of benzene rings is 1. The number of nitrogens with zero attached hydrogens (tertiary/aromatic N) is 1. The van der Waals surface area contributed by atoms with Gasteiger partial charge in [0, 0.05) is 24.2 Å². The van der Waals surface area contributed by atoms with Gasteiger partial charge in [0.1, 0.15) is 17.2 Å². The Morgan fingerprint density at radius 1 is 1.22 bits per heavy atom. The van der Waals surface area contributed by atoms with Gasteiger partial charge in [0.25, 0.3) is 5.91 Å². The standard InChI is InChI=1S/C18H21N3O2/c19-18(22)17-16(13-6-4-5-10-20-12-13)15(9-11-21-17)23-14-7-2-1-3-8-14/h1-3,7-9,11,13,20H,4-6,10,12H2,(H2,19,22). The Labute approximate surface area is 135 Å². The molecule has 1 unspecified atom stereocenters. The van der Waals surface area contributed by atoms with Crippen LogP contribution in [0.4, 0.5) is 0 Å². The van der Waals surface area contributed by atoms with Crippen LogP contribution in [0.3, 0.4) is 0 Å². The first-order valence-electron chi connectivity index (χ1n) is 7.98. The van der Waals surface area contributed by atoms with Gasteiger partial charge in [-0.05, 0) is 37.6 Å². The monoisotopic (exact) mass is 311 g/mol. The van der Waals surface area contributed by atoms with Crippen LogP contribution in [0.25, 0.3) is 0 Å². The second kappa shape index (κ2) is 7.24. The van der Waals surface area contributed by atoms with Crippen molar-refractivity contribution < 1.29 is 9.53 Å².